The van der Waals surface area contributed by atoms with Crippen molar-refractivity contribution >= 4 is 11.8 Å². The molecule has 1 atom stereocenters. The van der Waals surface area contributed by atoms with Crippen LogP contribution < -0.4 is 15.2 Å². The van der Waals surface area contributed by atoms with Crippen molar-refractivity contribution in [3.8, 4) is 11.5 Å². The summed E-state index contributed by atoms with van der Waals surface area (Å²) in [5.41, 5.74) is 8.36. The van der Waals surface area contributed by atoms with Gasteiger partial charge in [0.05, 0.1) is 20.1 Å². The van der Waals surface area contributed by atoms with Gasteiger partial charge in [0.1, 0.15) is 17.9 Å². The number of hydrogen-bond donors (Lipinski definition) is 1. The van der Waals surface area contributed by atoms with Crippen LogP contribution >= 0.6 is 0 Å². The third kappa shape index (κ3) is 4.06. The van der Waals surface area contributed by atoms with Crippen LogP contribution in [0.4, 0.5) is 0 Å². The summed E-state index contributed by atoms with van der Waals surface area (Å²) in [4.78, 5) is 25.4. The molecule has 0 radical (unpaired) electrons. The first-order valence-electron chi connectivity index (χ1n) is 10.4. The number of carbonyl (C=O) groups is 2. The highest BCUT2D eigenvalue weighted by Crippen LogP contribution is 2.45. The predicted molar refractivity (Wildman–Crippen MR) is 117 cm³/mol. The molecule has 0 aromatic heterocycles. The highest BCUT2D eigenvalue weighted by molar-refractivity contribution is 6.03. The molecule has 4 rings (SSSR count). The second kappa shape index (κ2) is 9.18. The van der Waals surface area contributed by atoms with Crippen LogP contribution in [0.1, 0.15) is 36.3 Å². The first kappa shape index (κ1) is 21.5. The summed E-state index contributed by atoms with van der Waals surface area (Å²) in [5, 5.41) is 0. The minimum absolute atomic E-state index is 0.0429. The number of allylic oxidation sites excluding steroid dienone is 2. The van der Waals surface area contributed by atoms with Gasteiger partial charge in [-0.15, -0.1) is 0 Å². The van der Waals surface area contributed by atoms with Gasteiger partial charge in [-0.25, -0.2) is 4.79 Å². The molecule has 2 aromatic rings. The lowest BCUT2D eigenvalue weighted by Gasteiger charge is -2.32. The average Bonchev–Trinajstić information content (AvgIpc) is 2.82. The van der Waals surface area contributed by atoms with Gasteiger partial charge in [-0.3, -0.25) is 4.79 Å². The van der Waals surface area contributed by atoms with Gasteiger partial charge in [-0.2, -0.15) is 0 Å². The maximum Gasteiger partial charge on any atom is 0.340 e. The Morgan fingerprint density at radius 2 is 1.88 bits per heavy atom. The molecule has 0 saturated heterocycles. The summed E-state index contributed by atoms with van der Waals surface area (Å²) in [6.45, 7) is 0.377. The van der Waals surface area contributed by atoms with E-state index in [2.05, 4.69) is 0 Å². The standard InChI is InChI=1S/C25H25NO6/c1-29-20-13-16(11-12-18(20)31-14-15-7-4-3-5-8-15)21-22-17(27)9-6-10-19(22)32-24(26)23(21)25(28)30-2/h3-5,7-8,11-13,21H,6,9-10,14,26H2,1-2H3/t21-/m0/s1. The summed E-state index contributed by atoms with van der Waals surface area (Å²) in [5.74, 6) is 0.106. The molecule has 0 spiro atoms. The molecule has 166 valence electrons. The van der Waals surface area contributed by atoms with Crippen LogP contribution in [-0.2, 0) is 25.7 Å². The number of methoxy groups -OCH3 is 2. The Bertz CT molecular complexity index is 1100. The van der Waals surface area contributed by atoms with E-state index in [4.69, 9.17) is 24.7 Å². The van der Waals surface area contributed by atoms with Crippen molar-refractivity contribution in [2.24, 2.45) is 5.73 Å². The van der Waals surface area contributed by atoms with Crippen molar-refractivity contribution in [3.63, 3.8) is 0 Å². The second-order valence-electron chi connectivity index (χ2n) is 7.60. The Kier molecular flexibility index (Phi) is 6.16. The zero-order valence-corrected chi connectivity index (χ0v) is 18.1. The third-order valence-electron chi connectivity index (χ3n) is 5.65. The van der Waals surface area contributed by atoms with E-state index in [1.165, 1.54) is 7.11 Å². The molecule has 32 heavy (non-hydrogen) atoms. The van der Waals surface area contributed by atoms with Gasteiger partial charge in [0.2, 0.25) is 5.88 Å². The number of ketones is 1. The molecule has 0 saturated carbocycles. The molecule has 1 aliphatic carbocycles. The fourth-order valence-electron chi connectivity index (χ4n) is 4.12. The van der Waals surface area contributed by atoms with E-state index in [-0.39, 0.29) is 17.2 Å². The number of carbonyl (C=O) groups excluding carboxylic acids is 2. The zero-order chi connectivity index (χ0) is 22.7. The van der Waals surface area contributed by atoms with E-state index in [1.807, 2.05) is 36.4 Å². The number of nitrogens with two attached hydrogens (primary N) is 1. The average molecular weight is 435 g/mol. The van der Waals surface area contributed by atoms with Crippen molar-refractivity contribution in [1.82, 2.24) is 0 Å². The Morgan fingerprint density at radius 3 is 2.59 bits per heavy atom. The quantitative estimate of drug-likeness (QED) is 0.691. The van der Waals surface area contributed by atoms with Crippen LogP contribution in [0.5, 0.6) is 11.5 Å². The molecule has 7 nitrogen and oxygen atoms in total. The lowest BCUT2D eigenvalue weighted by atomic mass is 9.77. The van der Waals surface area contributed by atoms with Gasteiger partial charge in [0, 0.05) is 18.4 Å². The highest BCUT2D eigenvalue weighted by Gasteiger charge is 2.41. The SMILES string of the molecule is COC(=O)C1=C(N)OC2=C(C(=O)CCC2)[C@@H]1c1ccc(OCc2ccccc2)c(OC)c1. The van der Waals surface area contributed by atoms with Crippen molar-refractivity contribution in [1.29, 1.82) is 0 Å². The summed E-state index contributed by atoms with van der Waals surface area (Å²) >= 11 is 0. The monoisotopic (exact) mass is 435 g/mol. The molecule has 1 aliphatic heterocycles. The second-order valence-corrected chi connectivity index (χ2v) is 7.60. The number of Topliss-reactive ketones (excluding diaryl/α,β-unsaturated/α-hetero) is 1. The Hall–Kier alpha value is -3.74. The lowest BCUT2D eigenvalue weighted by molar-refractivity contribution is -0.136. The van der Waals surface area contributed by atoms with Crippen LogP contribution in [0.25, 0.3) is 0 Å². The van der Waals surface area contributed by atoms with Gasteiger partial charge in [0.25, 0.3) is 0 Å². The van der Waals surface area contributed by atoms with E-state index >= 15 is 0 Å². The molecule has 2 N–H and O–H groups in total. The number of hydrogen-bond acceptors (Lipinski definition) is 7. The first-order valence-corrected chi connectivity index (χ1v) is 10.4. The fraction of sp³-hybridized carbons (Fsp3) is 0.280. The van der Waals surface area contributed by atoms with Crippen LogP contribution in [0.15, 0.2) is 71.3 Å². The van der Waals surface area contributed by atoms with Crippen molar-refractivity contribution in [3.05, 3.63) is 82.4 Å². The third-order valence-corrected chi connectivity index (χ3v) is 5.65. The van der Waals surface area contributed by atoms with Crippen molar-refractivity contribution < 1.29 is 28.5 Å². The predicted octanol–water partition coefficient (Wildman–Crippen LogP) is 3.74. The molecule has 0 fully saturated rings. The van der Waals surface area contributed by atoms with Gasteiger partial charge < -0.3 is 24.7 Å². The summed E-state index contributed by atoms with van der Waals surface area (Å²) in [6, 6.07) is 15.1. The molecular formula is C25H25NO6. The number of rotatable bonds is 6. The molecule has 2 aliphatic rings. The molecule has 0 bridgehead atoms. The maximum atomic E-state index is 12.8. The molecule has 2 aromatic carbocycles. The summed E-state index contributed by atoms with van der Waals surface area (Å²) < 4.78 is 22.1. The summed E-state index contributed by atoms with van der Waals surface area (Å²) in [6.07, 6.45) is 1.66. The largest absolute Gasteiger partial charge is 0.493 e. The summed E-state index contributed by atoms with van der Waals surface area (Å²) in [7, 11) is 2.81. The Labute approximate surface area is 186 Å². The minimum atomic E-state index is -0.698. The topological polar surface area (TPSA) is 97.1 Å². The Balaban J connectivity index is 1.73. The molecule has 7 heteroatoms. The van der Waals surface area contributed by atoms with E-state index in [0.717, 1.165) is 5.56 Å². The van der Waals surface area contributed by atoms with Crippen LogP contribution in [-0.4, -0.2) is 26.0 Å². The smallest absolute Gasteiger partial charge is 0.340 e. The van der Waals surface area contributed by atoms with E-state index in [9.17, 15) is 9.59 Å². The van der Waals surface area contributed by atoms with Gasteiger partial charge in [-0.1, -0.05) is 36.4 Å². The number of benzene rings is 2. The maximum absolute atomic E-state index is 12.8. The highest BCUT2D eigenvalue weighted by atomic mass is 16.5. The minimum Gasteiger partial charge on any atom is -0.493 e. The molecule has 0 unspecified atom stereocenters. The fourth-order valence-corrected chi connectivity index (χ4v) is 4.12. The number of ether oxygens (including phenoxy) is 4. The van der Waals surface area contributed by atoms with Gasteiger partial charge in [0.15, 0.2) is 17.3 Å². The van der Waals surface area contributed by atoms with Crippen LogP contribution in [0, 0.1) is 0 Å². The van der Waals surface area contributed by atoms with Crippen LogP contribution in [0.3, 0.4) is 0 Å². The Morgan fingerprint density at radius 1 is 1.09 bits per heavy atom. The lowest BCUT2D eigenvalue weighted by Crippen LogP contribution is -2.31. The van der Waals surface area contributed by atoms with E-state index < -0.39 is 11.9 Å². The first-order chi connectivity index (χ1) is 15.5. The van der Waals surface area contributed by atoms with Gasteiger partial charge in [-0.05, 0) is 29.7 Å². The molecule has 0 amide bonds. The normalized spacial score (nSPS) is 18.1. The van der Waals surface area contributed by atoms with Crippen molar-refractivity contribution in [2.75, 3.05) is 14.2 Å². The van der Waals surface area contributed by atoms with E-state index in [1.54, 1.807) is 19.2 Å². The van der Waals surface area contributed by atoms with Crippen LogP contribution in [0.2, 0.25) is 0 Å². The molecule has 1 heterocycles. The van der Waals surface area contributed by atoms with E-state index in [0.29, 0.717) is 54.3 Å². The number of esters is 1. The van der Waals surface area contributed by atoms with Crippen molar-refractivity contribution in [2.45, 2.75) is 31.8 Å². The molecular weight excluding hydrogens is 410 g/mol. The van der Waals surface area contributed by atoms with Gasteiger partial charge >= 0.3 is 5.97 Å². The zero-order valence-electron chi connectivity index (χ0n) is 18.1.